The number of esters is 1. The van der Waals surface area contributed by atoms with Gasteiger partial charge in [0.1, 0.15) is 17.7 Å². The summed E-state index contributed by atoms with van der Waals surface area (Å²) in [5, 5.41) is 5.15. The second-order valence-electron chi connectivity index (χ2n) is 7.48. The van der Waals surface area contributed by atoms with Crippen LogP contribution in [0.4, 0.5) is 0 Å². The van der Waals surface area contributed by atoms with E-state index in [0.29, 0.717) is 17.2 Å². The number of imide groups is 1. The maximum Gasteiger partial charge on any atom is 0.329 e. The van der Waals surface area contributed by atoms with Crippen molar-refractivity contribution in [2.45, 2.75) is 32.5 Å². The predicted octanol–water partition coefficient (Wildman–Crippen LogP) is 2.73. The number of thiazole rings is 1. The highest BCUT2D eigenvalue weighted by Crippen LogP contribution is 2.25. The summed E-state index contributed by atoms with van der Waals surface area (Å²) in [6.45, 7) is 1.77. The van der Waals surface area contributed by atoms with Crippen molar-refractivity contribution < 1.29 is 23.9 Å². The molecule has 168 valence electrons. The Kier molecular flexibility index (Phi) is 6.60. The van der Waals surface area contributed by atoms with Crippen LogP contribution in [-0.2, 0) is 33.9 Å². The number of rotatable bonds is 8. The smallest absolute Gasteiger partial charge is 0.329 e. The van der Waals surface area contributed by atoms with Gasteiger partial charge < -0.3 is 10.1 Å². The van der Waals surface area contributed by atoms with E-state index in [1.165, 1.54) is 18.3 Å². The quantitative estimate of drug-likeness (QED) is 0.407. The highest BCUT2D eigenvalue weighted by molar-refractivity contribution is 7.09. The summed E-state index contributed by atoms with van der Waals surface area (Å²) in [6.07, 6.45) is 0.122. The molecule has 1 N–H and O–H groups in total. The molecule has 1 aliphatic rings. The highest BCUT2D eigenvalue weighted by atomic mass is 32.1. The molecule has 0 bridgehead atoms. The van der Waals surface area contributed by atoms with Crippen molar-refractivity contribution in [3.05, 3.63) is 87.4 Å². The molecule has 4 rings (SSSR count). The standard InChI is InChI=1S/C24H21N3O5S/c1-15(27-22(29)18-9-5-6-10-19(18)23(27)30)24(31)32-13-17-14-33-21(26-17)11-20(28)25-12-16-7-3-2-4-8-16/h2-10,14-15H,11-13H2,1H3,(H,25,28). The predicted molar refractivity (Wildman–Crippen MR) is 120 cm³/mol. The molecule has 1 aliphatic heterocycles. The van der Waals surface area contributed by atoms with E-state index in [1.807, 2.05) is 30.3 Å². The third-order valence-corrected chi connectivity index (χ3v) is 6.06. The van der Waals surface area contributed by atoms with Gasteiger partial charge in [-0.15, -0.1) is 11.3 Å². The lowest BCUT2D eigenvalue weighted by molar-refractivity contribution is -0.149. The van der Waals surface area contributed by atoms with Crippen LogP contribution in [0.1, 0.15) is 43.9 Å². The minimum Gasteiger partial charge on any atom is -0.458 e. The van der Waals surface area contributed by atoms with E-state index in [9.17, 15) is 19.2 Å². The number of benzene rings is 2. The summed E-state index contributed by atoms with van der Waals surface area (Å²) in [7, 11) is 0. The number of amides is 3. The van der Waals surface area contributed by atoms with Gasteiger partial charge in [-0.1, -0.05) is 42.5 Å². The van der Waals surface area contributed by atoms with Crippen molar-refractivity contribution in [2.24, 2.45) is 0 Å². The lowest BCUT2D eigenvalue weighted by atomic mass is 10.1. The number of hydrogen-bond donors (Lipinski definition) is 1. The van der Waals surface area contributed by atoms with Crippen LogP contribution < -0.4 is 5.32 Å². The zero-order chi connectivity index (χ0) is 23.4. The molecular formula is C24H21N3O5S. The van der Waals surface area contributed by atoms with E-state index in [4.69, 9.17) is 4.74 Å². The largest absolute Gasteiger partial charge is 0.458 e. The summed E-state index contributed by atoms with van der Waals surface area (Å²) < 4.78 is 5.28. The zero-order valence-electron chi connectivity index (χ0n) is 17.8. The highest BCUT2D eigenvalue weighted by Gasteiger charge is 2.41. The first-order chi connectivity index (χ1) is 15.9. The molecule has 0 saturated heterocycles. The first-order valence-corrected chi connectivity index (χ1v) is 11.2. The second kappa shape index (κ2) is 9.74. The first kappa shape index (κ1) is 22.3. The van der Waals surface area contributed by atoms with Gasteiger partial charge in [-0.25, -0.2) is 9.78 Å². The zero-order valence-corrected chi connectivity index (χ0v) is 18.6. The van der Waals surface area contributed by atoms with Gasteiger partial charge in [-0.2, -0.15) is 0 Å². The number of carbonyl (C=O) groups is 4. The summed E-state index contributed by atoms with van der Waals surface area (Å²) in [6, 6.07) is 15.0. The van der Waals surface area contributed by atoms with Crippen molar-refractivity contribution in [1.29, 1.82) is 0 Å². The first-order valence-electron chi connectivity index (χ1n) is 10.3. The Hall–Kier alpha value is -3.85. The van der Waals surface area contributed by atoms with Gasteiger partial charge in [0.25, 0.3) is 11.8 Å². The Morgan fingerprint density at radius 3 is 2.33 bits per heavy atom. The number of nitrogens with zero attached hydrogens (tertiary/aromatic N) is 2. The summed E-state index contributed by atoms with van der Waals surface area (Å²) in [4.78, 5) is 54.9. The molecule has 0 radical (unpaired) electrons. The van der Waals surface area contributed by atoms with Crippen LogP contribution in [0.5, 0.6) is 0 Å². The van der Waals surface area contributed by atoms with Crippen LogP contribution in [-0.4, -0.2) is 39.6 Å². The van der Waals surface area contributed by atoms with Crippen LogP contribution in [0.3, 0.4) is 0 Å². The Morgan fingerprint density at radius 1 is 1.03 bits per heavy atom. The fourth-order valence-corrected chi connectivity index (χ4v) is 4.20. The Bertz CT molecular complexity index is 1170. The van der Waals surface area contributed by atoms with E-state index in [2.05, 4.69) is 10.3 Å². The molecule has 9 heteroatoms. The van der Waals surface area contributed by atoms with Crippen LogP contribution in [0.25, 0.3) is 0 Å². The van der Waals surface area contributed by atoms with Gasteiger partial charge in [-0.05, 0) is 24.6 Å². The minimum atomic E-state index is -1.07. The number of hydrogen-bond acceptors (Lipinski definition) is 7. The Balaban J connectivity index is 1.27. The normalized spacial score (nSPS) is 13.5. The molecule has 3 aromatic rings. The van der Waals surface area contributed by atoms with Gasteiger partial charge in [0, 0.05) is 11.9 Å². The van der Waals surface area contributed by atoms with E-state index in [1.54, 1.807) is 29.6 Å². The average Bonchev–Trinajstić information content (AvgIpc) is 3.38. The fraction of sp³-hybridized carbons (Fsp3) is 0.208. The lowest BCUT2D eigenvalue weighted by Gasteiger charge is -2.20. The topological polar surface area (TPSA) is 106 Å². The van der Waals surface area contributed by atoms with Crippen LogP contribution >= 0.6 is 11.3 Å². The van der Waals surface area contributed by atoms with Crippen molar-refractivity contribution in [1.82, 2.24) is 15.2 Å². The summed E-state index contributed by atoms with van der Waals surface area (Å²) in [5.74, 6) is -1.90. The third-order valence-electron chi connectivity index (χ3n) is 5.16. The second-order valence-corrected chi connectivity index (χ2v) is 8.42. The van der Waals surface area contributed by atoms with Crippen LogP contribution in [0.15, 0.2) is 60.0 Å². The monoisotopic (exact) mass is 463 g/mol. The number of aromatic nitrogens is 1. The Morgan fingerprint density at radius 2 is 1.67 bits per heavy atom. The van der Waals surface area contributed by atoms with Crippen LogP contribution in [0.2, 0.25) is 0 Å². The molecular weight excluding hydrogens is 442 g/mol. The number of fused-ring (bicyclic) bond motifs is 1. The molecule has 2 aromatic carbocycles. The van der Waals surface area contributed by atoms with E-state index >= 15 is 0 Å². The van der Waals surface area contributed by atoms with Crippen molar-refractivity contribution >= 4 is 35.0 Å². The van der Waals surface area contributed by atoms with Gasteiger partial charge in [-0.3, -0.25) is 19.3 Å². The molecule has 1 atom stereocenters. The molecule has 3 amide bonds. The maximum atomic E-state index is 12.5. The van der Waals surface area contributed by atoms with Gasteiger partial charge >= 0.3 is 5.97 Å². The van der Waals surface area contributed by atoms with Crippen molar-refractivity contribution in [3.63, 3.8) is 0 Å². The Labute approximate surface area is 194 Å². The summed E-state index contributed by atoms with van der Waals surface area (Å²) in [5.41, 5.74) is 2.05. The SMILES string of the molecule is CC(C(=O)OCc1csc(CC(=O)NCc2ccccc2)n1)N1C(=O)c2ccccc2C1=O. The van der Waals surface area contributed by atoms with Crippen molar-refractivity contribution in [2.75, 3.05) is 0 Å². The lowest BCUT2D eigenvalue weighted by Crippen LogP contribution is -2.43. The molecule has 33 heavy (non-hydrogen) atoms. The number of ether oxygens (including phenoxy) is 1. The average molecular weight is 464 g/mol. The molecule has 2 heterocycles. The molecule has 0 saturated carbocycles. The van der Waals surface area contributed by atoms with Gasteiger partial charge in [0.05, 0.1) is 23.2 Å². The molecule has 0 aliphatic carbocycles. The molecule has 1 aromatic heterocycles. The molecule has 8 nitrogen and oxygen atoms in total. The van der Waals surface area contributed by atoms with Gasteiger partial charge in [0.15, 0.2) is 0 Å². The van der Waals surface area contributed by atoms with E-state index in [-0.39, 0.29) is 30.1 Å². The van der Waals surface area contributed by atoms with Crippen LogP contribution in [0, 0.1) is 0 Å². The van der Waals surface area contributed by atoms with Gasteiger partial charge in [0.2, 0.25) is 5.91 Å². The fourth-order valence-electron chi connectivity index (χ4n) is 3.42. The molecule has 0 spiro atoms. The molecule has 0 fully saturated rings. The van der Waals surface area contributed by atoms with Crippen molar-refractivity contribution in [3.8, 4) is 0 Å². The molecule has 1 unspecified atom stereocenters. The minimum absolute atomic E-state index is 0.117. The van der Waals surface area contributed by atoms with E-state index < -0.39 is 23.8 Å². The number of carbonyl (C=O) groups excluding carboxylic acids is 4. The summed E-state index contributed by atoms with van der Waals surface area (Å²) >= 11 is 1.30. The van der Waals surface area contributed by atoms with E-state index in [0.717, 1.165) is 10.5 Å². The number of nitrogens with one attached hydrogen (secondary N) is 1. The third kappa shape index (κ3) is 4.98. The maximum absolute atomic E-state index is 12.5.